The molecule has 0 fully saturated rings. The number of nitrogens with one attached hydrogen (secondary N) is 1. The fourth-order valence-corrected chi connectivity index (χ4v) is 2.74. The van der Waals surface area contributed by atoms with E-state index in [0.29, 0.717) is 17.2 Å². The van der Waals surface area contributed by atoms with E-state index in [0.717, 1.165) is 10.6 Å². The van der Waals surface area contributed by atoms with E-state index in [1.54, 1.807) is 42.5 Å². The Kier molecular flexibility index (Phi) is 5.53. The number of amides is 1. The lowest BCUT2D eigenvalue weighted by atomic mass is 10.1. The summed E-state index contributed by atoms with van der Waals surface area (Å²) in [5.74, 6) is 0.554. The van der Waals surface area contributed by atoms with Crippen LogP contribution in [0.1, 0.15) is 10.4 Å². The van der Waals surface area contributed by atoms with Gasteiger partial charge in [-0.3, -0.25) is 9.10 Å². The fraction of sp³-hybridized carbons (Fsp3) is 0.235. The standard InChI is InChI=1S/C17H20N2O5S/c1-19(25(4,21)22)15-8-6-5-7-13(15)17(20)18-14-11-12(23-2)9-10-16(14)24-3/h5-11H,1-4H3,(H,18,20). The van der Waals surface area contributed by atoms with Gasteiger partial charge in [-0.25, -0.2) is 8.42 Å². The first-order valence-corrected chi connectivity index (χ1v) is 9.19. The molecule has 0 aliphatic rings. The van der Waals surface area contributed by atoms with E-state index in [2.05, 4.69) is 5.32 Å². The second-order valence-corrected chi connectivity index (χ2v) is 7.28. The Bertz CT molecular complexity index is 880. The predicted octanol–water partition coefficient (Wildman–Crippen LogP) is 2.35. The predicted molar refractivity (Wildman–Crippen MR) is 97.2 cm³/mol. The average Bonchev–Trinajstić information content (AvgIpc) is 2.60. The highest BCUT2D eigenvalue weighted by molar-refractivity contribution is 7.92. The van der Waals surface area contributed by atoms with Gasteiger partial charge in [-0.1, -0.05) is 12.1 Å². The number of carbonyl (C=O) groups excluding carboxylic acids is 1. The number of hydrogen-bond acceptors (Lipinski definition) is 5. The number of para-hydroxylation sites is 1. The number of methoxy groups -OCH3 is 2. The third kappa shape index (κ3) is 4.21. The van der Waals surface area contributed by atoms with E-state index in [-0.39, 0.29) is 11.3 Å². The lowest BCUT2D eigenvalue weighted by molar-refractivity contribution is 0.102. The van der Waals surface area contributed by atoms with Crippen molar-refractivity contribution in [2.24, 2.45) is 0 Å². The molecule has 2 aromatic rings. The van der Waals surface area contributed by atoms with Gasteiger partial charge in [0.2, 0.25) is 10.0 Å². The summed E-state index contributed by atoms with van der Waals surface area (Å²) in [6, 6.07) is 11.5. The van der Waals surface area contributed by atoms with E-state index in [4.69, 9.17) is 9.47 Å². The van der Waals surface area contributed by atoms with Gasteiger partial charge in [-0.05, 0) is 24.3 Å². The number of anilines is 2. The molecule has 8 heteroatoms. The Hall–Kier alpha value is -2.74. The van der Waals surface area contributed by atoms with E-state index < -0.39 is 15.9 Å². The van der Waals surface area contributed by atoms with Crippen molar-refractivity contribution in [2.75, 3.05) is 37.1 Å². The Labute approximate surface area is 147 Å². The highest BCUT2D eigenvalue weighted by atomic mass is 32.2. The summed E-state index contributed by atoms with van der Waals surface area (Å²) in [6.45, 7) is 0. The summed E-state index contributed by atoms with van der Waals surface area (Å²) in [5, 5.41) is 2.73. The SMILES string of the molecule is COc1ccc(OC)c(NC(=O)c2ccccc2N(C)S(C)(=O)=O)c1. The summed E-state index contributed by atoms with van der Waals surface area (Å²) in [4.78, 5) is 12.7. The van der Waals surface area contributed by atoms with Gasteiger partial charge >= 0.3 is 0 Å². The van der Waals surface area contributed by atoms with E-state index in [9.17, 15) is 13.2 Å². The number of ether oxygens (including phenoxy) is 2. The Balaban J connectivity index is 2.40. The van der Waals surface area contributed by atoms with Crippen LogP contribution >= 0.6 is 0 Å². The first-order chi connectivity index (χ1) is 11.8. The Morgan fingerprint density at radius 1 is 1.08 bits per heavy atom. The molecule has 0 aromatic heterocycles. The summed E-state index contributed by atoms with van der Waals surface area (Å²) in [5.41, 5.74) is 0.924. The van der Waals surface area contributed by atoms with Crippen LogP contribution in [0.5, 0.6) is 11.5 Å². The number of nitrogens with zero attached hydrogens (tertiary/aromatic N) is 1. The summed E-state index contributed by atoms with van der Waals surface area (Å²) >= 11 is 0. The minimum absolute atomic E-state index is 0.222. The lowest BCUT2D eigenvalue weighted by Crippen LogP contribution is -2.27. The maximum absolute atomic E-state index is 12.7. The summed E-state index contributed by atoms with van der Waals surface area (Å²) in [6.07, 6.45) is 1.08. The first-order valence-electron chi connectivity index (χ1n) is 7.34. The van der Waals surface area contributed by atoms with Crippen LogP contribution < -0.4 is 19.1 Å². The second kappa shape index (κ2) is 7.43. The van der Waals surface area contributed by atoms with Crippen molar-refractivity contribution in [1.82, 2.24) is 0 Å². The van der Waals surface area contributed by atoms with Gasteiger partial charge in [0, 0.05) is 13.1 Å². The molecule has 25 heavy (non-hydrogen) atoms. The topological polar surface area (TPSA) is 84.9 Å². The van der Waals surface area contributed by atoms with Crippen molar-refractivity contribution in [1.29, 1.82) is 0 Å². The summed E-state index contributed by atoms with van der Waals surface area (Å²) in [7, 11) is 0.903. The third-order valence-corrected chi connectivity index (χ3v) is 4.83. The third-order valence-electron chi connectivity index (χ3n) is 3.64. The van der Waals surface area contributed by atoms with Crippen LogP contribution in [0.15, 0.2) is 42.5 Å². The Morgan fingerprint density at radius 3 is 2.36 bits per heavy atom. The number of hydrogen-bond donors (Lipinski definition) is 1. The van der Waals surface area contributed by atoms with Crippen molar-refractivity contribution in [3.8, 4) is 11.5 Å². The van der Waals surface area contributed by atoms with Gasteiger partial charge < -0.3 is 14.8 Å². The van der Waals surface area contributed by atoms with Gasteiger partial charge in [0.1, 0.15) is 11.5 Å². The van der Waals surface area contributed by atoms with Crippen LogP contribution in [0.25, 0.3) is 0 Å². The van der Waals surface area contributed by atoms with Crippen LogP contribution in [0.4, 0.5) is 11.4 Å². The van der Waals surface area contributed by atoms with Gasteiger partial charge in [0.25, 0.3) is 5.91 Å². The molecule has 0 bridgehead atoms. The largest absolute Gasteiger partial charge is 0.497 e. The second-order valence-electron chi connectivity index (χ2n) is 5.27. The molecule has 0 spiro atoms. The minimum Gasteiger partial charge on any atom is -0.497 e. The smallest absolute Gasteiger partial charge is 0.257 e. The van der Waals surface area contributed by atoms with Crippen LogP contribution in [-0.4, -0.2) is 41.8 Å². The number of carbonyl (C=O) groups is 1. The molecule has 134 valence electrons. The summed E-state index contributed by atoms with van der Waals surface area (Å²) < 4.78 is 35.1. The first kappa shape index (κ1) is 18.6. The molecular formula is C17H20N2O5S. The monoisotopic (exact) mass is 364 g/mol. The average molecular weight is 364 g/mol. The molecule has 0 radical (unpaired) electrons. The molecule has 0 aliphatic carbocycles. The van der Waals surface area contributed by atoms with E-state index in [1.807, 2.05) is 0 Å². The molecule has 0 unspecified atom stereocenters. The molecule has 0 saturated heterocycles. The van der Waals surface area contributed by atoms with Crippen molar-refractivity contribution in [2.45, 2.75) is 0 Å². The normalized spacial score (nSPS) is 10.9. The Morgan fingerprint density at radius 2 is 1.76 bits per heavy atom. The molecule has 0 heterocycles. The molecule has 1 N–H and O–H groups in total. The number of sulfonamides is 1. The quantitative estimate of drug-likeness (QED) is 0.850. The number of benzene rings is 2. The maximum Gasteiger partial charge on any atom is 0.257 e. The van der Waals surface area contributed by atoms with Gasteiger partial charge in [-0.2, -0.15) is 0 Å². The van der Waals surface area contributed by atoms with Crippen molar-refractivity contribution in [3.63, 3.8) is 0 Å². The van der Waals surface area contributed by atoms with Crippen LogP contribution in [0, 0.1) is 0 Å². The zero-order valence-corrected chi connectivity index (χ0v) is 15.3. The fourth-order valence-electron chi connectivity index (χ4n) is 2.22. The molecular weight excluding hydrogens is 344 g/mol. The molecule has 0 atom stereocenters. The lowest BCUT2D eigenvalue weighted by Gasteiger charge is -2.20. The molecule has 0 saturated carbocycles. The number of rotatable bonds is 6. The van der Waals surface area contributed by atoms with E-state index in [1.165, 1.54) is 21.3 Å². The zero-order valence-electron chi connectivity index (χ0n) is 14.4. The molecule has 2 aromatic carbocycles. The van der Waals surface area contributed by atoms with Crippen molar-refractivity contribution >= 4 is 27.3 Å². The molecule has 0 aliphatic heterocycles. The highest BCUT2D eigenvalue weighted by Gasteiger charge is 2.20. The van der Waals surface area contributed by atoms with Gasteiger partial charge in [0.05, 0.1) is 37.4 Å². The minimum atomic E-state index is -3.50. The van der Waals surface area contributed by atoms with Crippen LogP contribution in [-0.2, 0) is 10.0 Å². The molecule has 1 amide bonds. The van der Waals surface area contributed by atoms with Crippen LogP contribution in [0.2, 0.25) is 0 Å². The zero-order chi connectivity index (χ0) is 18.6. The van der Waals surface area contributed by atoms with Gasteiger partial charge in [-0.15, -0.1) is 0 Å². The molecule has 2 rings (SSSR count). The van der Waals surface area contributed by atoms with Gasteiger partial charge in [0.15, 0.2) is 0 Å². The highest BCUT2D eigenvalue weighted by Crippen LogP contribution is 2.30. The van der Waals surface area contributed by atoms with Crippen molar-refractivity contribution < 1.29 is 22.7 Å². The van der Waals surface area contributed by atoms with Crippen LogP contribution in [0.3, 0.4) is 0 Å². The maximum atomic E-state index is 12.7. The molecule has 7 nitrogen and oxygen atoms in total. The van der Waals surface area contributed by atoms with Crippen molar-refractivity contribution in [3.05, 3.63) is 48.0 Å². The van der Waals surface area contributed by atoms with E-state index >= 15 is 0 Å².